The number of aliphatic hydroxyl groups excluding tert-OH is 1. The van der Waals surface area contributed by atoms with Gasteiger partial charge in [0.1, 0.15) is 5.72 Å². The van der Waals surface area contributed by atoms with Gasteiger partial charge >= 0.3 is 6.09 Å². The molecular weight excluding hydrogens is 234 g/mol. The van der Waals surface area contributed by atoms with Crippen molar-refractivity contribution in [3.05, 3.63) is 0 Å². The van der Waals surface area contributed by atoms with Gasteiger partial charge in [0.2, 0.25) is 0 Å². The smallest absolute Gasteiger partial charge is 0.409 e. The number of carbonyl (C=O) groups is 1. The van der Waals surface area contributed by atoms with Crippen molar-refractivity contribution in [1.29, 1.82) is 0 Å². The molecule has 2 unspecified atom stereocenters. The third-order valence-corrected chi connectivity index (χ3v) is 3.39. The van der Waals surface area contributed by atoms with Gasteiger partial charge in [-0.2, -0.15) is 0 Å². The van der Waals surface area contributed by atoms with Crippen molar-refractivity contribution in [3.8, 4) is 0 Å². The molecule has 1 saturated heterocycles. The Kier molecular flexibility index (Phi) is 4.28. The molecular formula is C13H25NO4. The number of carboxylic acid groups (broad SMARTS) is 1. The van der Waals surface area contributed by atoms with E-state index in [0.29, 0.717) is 12.8 Å². The molecule has 0 aromatic carbocycles. The minimum absolute atomic E-state index is 0.0707. The van der Waals surface area contributed by atoms with Crippen LogP contribution in [0, 0.1) is 5.41 Å². The molecule has 5 heteroatoms. The van der Waals surface area contributed by atoms with Gasteiger partial charge in [-0.3, -0.25) is 4.90 Å². The maximum absolute atomic E-state index is 11.4. The van der Waals surface area contributed by atoms with Gasteiger partial charge in [0.05, 0.1) is 12.1 Å². The molecule has 1 heterocycles. The summed E-state index contributed by atoms with van der Waals surface area (Å²) in [5.74, 6) is 0. The topological polar surface area (TPSA) is 70.0 Å². The first-order valence-corrected chi connectivity index (χ1v) is 6.42. The van der Waals surface area contributed by atoms with Gasteiger partial charge in [0, 0.05) is 6.61 Å². The lowest BCUT2D eigenvalue weighted by Gasteiger charge is -2.32. The fraction of sp³-hybridized carbons (Fsp3) is 0.923. The SMILES string of the molecule is CC(C)(C)C1OC(C)(C)N(C(=O)O)C1CCCO. The molecule has 0 aromatic rings. The van der Waals surface area contributed by atoms with Crippen LogP contribution in [0.1, 0.15) is 47.5 Å². The number of aliphatic hydroxyl groups is 1. The first-order chi connectivity index (χ1) is 8.11. The molecule has 1 fully saturated rings. The van der Waals surface area contributed by atoms with Gasteiger partial charge in [0.15, 0.2) is 0 Å². The van der Waals surface area contributed by atoms with Crippen molar-refractivity contribution >= 4 is 6.09 Å². The van der Waals surface area contributed by atoms with Gasteiger partial charge in [0.25, 0.3) is 0 Å². The molecule has 2 N–H and O–H groups in total. The van der Waals surface area contributed by atoms with Crippen LogP contribution in [-0.2, 0) is 4.74 Å². The van der Waals surface area contributed by atoms with Crippen molar-refractivity contribution in [2.24, 2.45) is 5.41 Å². The Labute approximate surface area is 109 Å². The zero-order chi connectivity index (χ0) is 14.1. The minimum atomic E-state index is -0.963. The Balaban J connectivity index is 3.03. The summed E-state index contributed by atoms with van der Waals surface area (Å²) in [5.41, 5.74) is -0.953. The molecule has 5 nitrogen and oxygen atoms in total. The summed E-state index contributed by atoms with van der Waals surface area (Å²) in [4.78, 5) is 12.8. The molecule has 2 atom stereocenters. The highest BCUT2D eigenvalue weighted by Gasteiger charge is 2.53. The Morgan fingerprint density at radius 1 is 1.39 bits per heavy atom. The fourth-order valence-corrected chi connectivity index (χ4v) is 2.69. The summed E-state index contributed by atoms with van der Waals surface area (Å²) in [6.45, 7) is 9.76. The maximum atomic E-state index is 11.4. The van der Waals surface area contributed by atoms with E-state index in [9.17, 15) is 9.90 Å². The number of amides is 1. The molecule has 106 valence electrons. The van der Waals surface area contributed by atoms with Gasteiger partial charge in [-0.1, -0.05) is 20.8 Å². The molecule has 0 saturated carbocycles. The Morgan fingerprint density at radius 2 is 1.94 bits per heavy atom. The number of rotatable bonds is 3. The van der Waals surface area contributed by atoms with Crippen molar-refractivity contribution in [2.75, 3.05) is 6.61 Å². The molecule has 0 spiro atoms. The number of hydrogen-bond acceptors (Lipinski definition) is 3. The van der Waals surface area contributed by atoms with Crippen LogP contribution in [-0.4, -0.2) is 45.7 Å². The molecule has 0 radical (unpaired) electrons. The van der Waals surface area contributed by atoms with E-state index in [4.69, 9.17) is 9.84 Å². The summed E-state index contributed by atoms with van der Waals surface area (Å²) in [6.07, 6.45) is 0.0825. The molecule has 0 bridgehead atoms. The van der Waals surface area contributed by atoms with Crippen LogP contribution in [0.5, 0.6) is 0 Å². The normalized spacial score (nSPS) is 27.6. The minimum Gasteiger partial charge on any atom is -0.465 e. The standard InChI is InChI=1S/C13H25NO4/c1-12(2,3)10-9(7-6-8-15)14(11(16)17)13(4,5)18-10/h9-10,15H,6-8H2,1-5H3,(H,16,17). The van der Waals surface area contributed by atoms with Crippen LogP contribution in [0.25, 0.3) is 0 Å². The van der Waals surface area contributed by atoms with Crippen LogP contribution in [0.2, 0.25) is 0 Å². The predicted molar refractivity (Wildman–Crippen MR) is 68.4 cm³/mol. The summed E-state index contributed by atoms with van der Waals surface area (Å²) in [5, 5.41) is 18.3. The molecule has 1 aliphatic rings. The van der Waals surface area contributed by atoms with Gasteiger partial charge in [-0.15, -0.1) is 0 Å². The van der Waals surface area contributed by atoms with Crippen LogP contribution < -0.4 is 0 Å². The zero-order valence-corrected chi connectivity index (χ0v) is 11.9. The molecule has 0 aromatic heterocycles. The molecule has 18 heavy (non-hydrogen) atoms. The van der Waals surface area contributed by atoms with Crippen LogP contribution in [0.3, 0.4) is 0 Å². The van der Waals surface area contributed by atoms with Crippen LogP contribution in [0.4, 0.5) is 4.79 Å². The lowest BCUT2D eigenvalue weighted by molar-refractivity contribution is -0.0925. The van der Waals surface area contributed by atoms with E-state index in [2.05, 4.69) is 0 Å². The largest absolute Gasteiger partial charge is 0.465 e. The van der Waals surface area contributed by atoms with E-state index < -0.39 is 11.8 Å². The Hall–Kier alpha value is -0.810. The van der Waals surface area contributed by atoms with E-state index in [-0.39, 0.29) is 24.2 Å². The van der Waals surface area contributed by atoms with Crippen molar-refractivity contribution < 1.29 is 19.7 Å². The lowest BCUT2D eigenvalue weighted by atomic mass is 9.83. The number of hydrogen-bond donors (Lipinski definition) is 2. The van der Waals surface area contributed by atoms with Gasteiger partial charge in [-0.25, -0.2) is 4.79 Å². The average Bonchev–Trinajstić information content (AvgIpc) is 2.45. The predicted octanol–water partition coefficient (Wildman–Crippen LogP) is 2.29. The number of nitrogens with zero attached hydrogens (tertiary/aromatic N) is 1. The lowest BCUT2D eigenvalue weighted by Crippen LogP contribution is -2.48. The Morgan fingerprint density at radius 3 is 2.33 bits per heavy atom. The quantitative estimate of drug-likeness (QED) is 0.816. The second kappa shape index (κ2) is 5.05. The number of ether oxygens (including phenoxy) is 1. The van der Waals surface area contributed by atoms with Crippen molar-refractivity contribution in [1.82, 2.24) is 4.90 Å². The first kappa shape index (κ1) is 15.2. The van der Waals surface area contributed by atoms with E-state index in [1.807, 2.05) is 20.8 Å². The Bertz CT molecular complexity index is 309. The highest BCUT2D eigenvalue weighted by molar-refractivity contribution is 5.67. The van der Waals surface area contributed by atoms with Crippen LogP contribution in [0.15, 0.2) is 0 Å². The fourth-order valence-electron chi connectivity index (χ4n) is 2.69. The second-order valence-corrected chi connectivity index (χ2v) is 6.44. The summed E-state index contributed by atoms with van der Waals surface area (Å²) >= 11 is 0. The highest BCUT2D eigenvalue weighted by atomic mass is 16.6. The van der Waals surface area contributed by atoms with E-state index in [1.54, 1.807) is 13.8 Å². The first-order valence-electron chi connectivity index (χ1n) is 6.42. The maximum Gasteiger partial charge on any atom is 0.409 e. The molecule has 0 aliphatic carbocycles. The average molecular weight is 259 g/mol. The zero-order valence-electron chi connectivity index (χ0n) is 11.9. The monoisotopic (exact) mass is 259 g/mol. The third-order valence-electron chi connectivity index (χ3n) is 3.39. The van der Waals surface area contributed by atoms with Crippen LogP contribution >= 0.6 is 0 Å². The summed E-state index contributed by atoms with van der Waals surface area (Å²) in [6, 6.07) is -0.204. The van der Waals surface area contributed by atoms with E-state index >= 15 is 0 Å². The summed E-state index contributed by atoms with van der Waals surface area (Å²) < 4.78 is 5.96. The molecule has 1 rings (SSSR count). The van der Waals surface area contributed by atoms with Gasteiger partial charge in [-0.05, 0) is 32.1 Å². The third kappa shape index (κ3) is 2.95. The second-order valence-electron chi connectivity index (χ2n) is 6.44. The highest BCUT2D eigenvalue weighted by Crippen LogP contribution is 2.41. The van der Waals surface area contributed by atoms with Crippen molar-refractivity contribution in [2.45, 2.75) is 65.3 Å². The molecule has 1 aliphatic heterocycles. The molecule has 1 amide bonds. The van der Waals surface area contributed by atoms with E-state index in [0.717, 1.165) is 0 Å². The van der Waals surface area contributed by atoms with Gasteiger partial charge < -0.3 is 14.9 Å². The summed E-state index contributed by atoms with van der Waals surface area (Å²) in [7, 11) is 0. The van der Waals surface area contributed by atoms with E-state index in [1.165, 1.54) is 4.90 Å². The van der Waals surface area contributed by atoms with Crippen molar-refractivity contribution in [3.63, 3.8) is 0 Å².